The molecule has 1 aromatic rings. The summed E-state index contributed by atoms with van der Waals surface area (Å²) in [5, 5.41) is 9.84. The molecule has 2 rings (SSSR count). The van der Waals surface area contributed by atoms with Crippen molar-refractivity contribution in [2.75, 3.05) is 6.61 Å². The lowest BCUT2D eigenvalue weighted by Crippen LogP contribution is -2.23. The second-order valence-corrected chi connectivity index (χ2v) is 3.59. The van der Waals surface area contributed by atoms with Gasteiger partial charge in [0.2, 0.25) is 0 Å². The third-order valence-electron chi connectivity index (χ3n) is 2.63. The van der Waals surface area contributed by atoms with E-state index in [2.05, 4.69) is 6.58 Å². The summed E-state index contributed by atoms with van der Waals surface area (Å²) in [6, 6.07) is 7.83. The third kappa shape index (κ3) is 1.66. The second kappa shape index (κ2) is 3.84. The lowest BCUT2D eigenvalue weighted by atomic mass is 9.98. The Hall–Kier alpha value is -1.28. The zero-order valence-corrected chi connectivity index (χ0v) is 8.02. The minimum absolute atomic E-state index is 0.0300. The fourth-order valence-electron chi connectivity index (χ4n) is 1.71. The summed E-state index contributed by atoms with van der Waals surface area (Å²) >= 11 is 0. The van der Waals surface area contributed by atoms with Crippen LogP contribution in [0.5, 0.6) is 5.75 Å². The van der Waals surface area contributed by atoms with Gasteiger partial charge in [0.15, 0.2) is 0 Å². The Morgan fingerprint density at radius 2 is 2.21 bits per heavy atom. The molecule has 0 saturated carbocycles. The maximum absolute atomic E-state index is 9.84. The summed E-state index contributed by atoms with van der Waals surface area (Å²) in [7, 11) is 0. The van der Waals surface area contributed by atoms with Crippen molar-refractivity contribution in [2.24, 2.45) is 5.92 Å². The van der Waals surface area contributed by atoms with Crippen molar-refractivity contribution < 1.29 is 9.84 Å². The molecule has 1 N–H and O–H groups in total. The highest BCUT2D eigenvalue weighted by Gasteiger charge is 2.22. The van der Waals surface area contributed by atoms with Crippen LogP contribution in [0.3, 0.4) is 0 Å². The van der Waals surface area contributed by atoms with Gasteiger partial charge in [0.1, 0.15) is 5.75 Å². The van der Waals surface area contributed by atoms with Crippen LogP contribution in [-0.4, -0.2) is 17.8 Å². The zero-order valence-electron chi connectivity index (χ0n) is 8.02. The molecule has 0 amide bonds. The van der Waals surface area contributed by atoms with E-state index in [0.29, 0.717) is 13.0 Å². The number of aliphatic hydroxyl groups is 1. The minimum Gasteiger partial charge on any atom is -0.493 e. The summed E-state index contributed by atoms with van der Waals surface area (Å²) < 4.78 is 5.59. The Bertz CT molecular complexity index is 333. The van der Waals surface area contributed by atoms with Crippen LogP contribution in [-0.2, 0) is 6.42 Å². The Balaban J connectivity index is 2.27. The lowest BCUT2D eigenvalue weighted by molar-refractivity contribution is 0.110. The van der Waals surface area contributed by atoms with Crippen LogP contribution in [0.4, 0.5) is 0 Å². The van der Waals surface area contributed by atoms with Gasteiger partial charge in [-0.1, -0.05) is 24.3 Å². The van der Waals surface area contributed by atoms with Crippen molar-refractivity contribution in [3.63, 3.8) is 0 Å². The van der Waals surface area contributed by atoms with Crippen molar-refractivity contribution in [1.82, 2.24) is 0 Å². The zero-order chi connectivity index (χ0) is 9.97. The predicted molar refractivity (Wildman–Crippen MR) is 55.3 cm³/mol. The summed E-state index contributed by atoms with van der Waals surface area (Å²) in [5.74, 6) is 0.915. The van der Waals surface area contributed by atoms with Crippen LogP contribution in [0.15, 0.2) is 36.9 Å². The summed E-state index contributed by atoms with van der Waals surface area (Å²) in [6.07, 6.45) is 2.03. The minimum atomic E-state index is -0.379. The number of ether oxygens (including phenoxy) is 1. The number of fused-ring (bicyclic) bond motifs is 1. The molecule has 2 nitrogen and oxygen atoms in total. The van der Waals surface area contributed by atoms with E-state index >= 15 is 0 Å². The van der Waals surface area contributed by atoms with Crippen molar-refractivity contribution in [2.45, 2.75) is 12.5 Å². The fraction of sp³-hybridized carbons (Fsp3) is 0.333. The quantitative estimate of drug-likeness (QED) is 0.684. The Labute approximate surface area is 83.8 Å². The van der Waals surface area contributed by atoms with E-state index in [0.717, 1.165) is 11.3 Å². The topological polar surface area (TPSA) is 29.5 Å². The van der Waals surface area contributed by atoms with Crippen molar-refractivity contribution in [3.8, 4) is 5.75 Å². The number of para-hydroxylation sites is 1. The molecule has 0 saturated heterocycles. The van der Waals surface area contributed by atoms with Gasteiger partial charge < -0.3 is 9.84 Å². The molecule has 1 aliphatic rings. The lowest BCUT2D eigenvalue weighted by Gasteiger charge is -2.14. The van der Waals surface area contributed by atoms with Crippen LogP contribution < -0.4 is 4.74 Å². The average Bonchev–Trinajstić information content (AvgIpc) is 2.36. The van der Waals surface area contributed by atoms with Crippen molar-refractivity contribution in [3.05, 3.63) is 42.5 Å². The molecule has 1 aromatic carbocycles. The van der Waals surface area contributed by atoms with Crippen LogP contribution in [0.2, 0.25) is 0 Å². The monoisotopic (exact) mass is 190 g/mol. The van der Waals surface area contributed by atoms with E-state index < -0.39 is 0 Å². The molecule has 1 heterocycles. The first-order valence-electron chi connectivity index (χ1n) is 4.82. The van der Waals surface area contributed by atoms with Gasteiger partial charge in [-0.25, -0.2) is 0 Å². The fourth-order valence-corrected chi connectivity index (χ4v) is 1.71. The largest absolute Gasteiger partial charge is 0.493 e. The van der Waals surface area contributed by atoms with Gasteiger partial charge >= 0.3 is 0 Å². The first kappa shape index (κ1) is 9.28. The van der Waals surface area contributed by atoms with Crippen LogP contribution in [0, 0.1) is 5.92 Å². The molecule has 0 spiro atoms. The highest BCUT2D eigenvalue weighted by atomic mass is 16.5. The molecular weight excluding hydrogens is 176 g/mol. The van der Waals surface area contributed by atoms with Crippen LogP contribution in [0.25, 0.3) is 0 Å². The standard InChI is InChI=1S/C12H14O2/c1-2-9-8-14-12-6-4-3-5-10(12)7-11(9)13/h2-6,9,11,13H,1,7-8H2. The number of benzene rings is 1. The second-order valence-electron chi connectivity index (χ2n) is 3.59. The number of aliphatic hydroxyl groups excluding tert-OH is 1. The number of hydrogen-bond donors (Lipinski definition) is 1. The van der Waals surface area contributed by atoms with Crippen LogP contribution in [0.1, 0.15) is 5.56 Å². The molecule has 1 aliphatic heterocycles. The molecule has 0 aromatic heterocycles. The van der Waals surface area contributed by atoms with Gasteiger partial charge in [-0.3, -0.25) is 0 Å². The van der Waals surface area contributed by atoms with Gasteiger partial charge in [0.05, 0.1) is 12.7 Å². The van der Waals surface area contributed by atoms with E-state index in [1.165, 1.54) is 0 Å². The van der Waals surface area contributed by atoms with Gasteiger partial charge in [-0.05, 0) is 11.6 Å². The average molecular weight is 190 g/mol. The SMILES string of the molecule is C=CC1COc2ccccc2CC1O. The molecule has 0 aliphatic carbocycles. The normalized spacial score (nSPS) is 25.8. The molecule has 0 radical (unpaired) electrons. The highest BCUT2D eigenvalue weighted by molar-refractivity contribution is 5.34. The van der Waals surface area contributed by atoms with Crippen molar-refractivity contribution in [1.29, 1.82) is 0 Å². The van der Waals surface area contributed by atoms with Gasteiger partial charge in [0.25, 0.3) is 0 Å². The molecular formula is C12H14O2. The van der Waals surface area contributed by atoms with E-state index in [-0.39, 0.29) is 12.0 Å². The van der Waals surface area contributed by atoms with E-state index in [1.807, 2.05) is 24.3 Å². The smallest absolute Gasteiger partial charge is 0.122 e. The Kier molecular flexibility index (Phi) is 2.55. The number of rotatable bonds is 1. The molecule has 2 atom stereocenters. The summed E-state index contributed by atoms with van der Waals surface area (Å²) in [6.45, 7) is 4.21. The van der Waals surface area contributed by atoms with E-state index in [9.17, 15) is 5.11 Å². The molecule has 2 unspecified atom stereocenters. The summed E-state index contributed by atoms with van der Waals surface area (Å²) in [5.41, 5.74) is 1.07. The predicted octanol–water partition coefficient (Wildman–Crippen LogP) is 1.78. The molecule has 0 fully saturated rings. The molecule has 2 heteroatoms. The number of hydrogen-bond acceptors (Lipinski definition) is 2. The first-order chi connectivity index (χ1) is 6.81. The third-order valence-corrected chi connectivity index (χ3v) is 2.63. The maximum atomic E-state index is 9.84. The van der Waals surface area contributed by atoms with Crippen LogP contribution >= 0.6 is 0 Å². The maximum Gasteiger partial charge on any atom is 0.122 e. The summed E-state index contributed by atoms with van der Waals surface area (Å²) in [4.78, 5) is 0. The van der Waals surface area contributed by atoms with Gasteiger partial charge in [-0.15, -0.1) is 6.58 Å². The van der Waals surface area contributed by atoms with Gasteiger partial charge in [0, 0.05) is 12.3 Å². The molecule has 74 valence electrons. The van der Waals surface area contributed by atoms with Crippen molar-refractivity contribution >= 4 is 0 Å². The van der Waals surface area contributed by atoms with Gasteiger partial charge in [-0.2, -0.15) is 0 Å². The Morgan fingerprint density at radius 3 is 3.00 bits per heavy atom. The Morgan fingerprint density at radius 1 is 1.43 bits per heavy atom. The first-order valence-corrected chi connectivity index (χ1v) is 4.82. The highest BCUT2D eigenvalue weighted by Crippen LogP contribution is 2.26. The van der Waals surface area contributed by atoms with E-state index in [1.54, 1.807) is 6.08 Å². The van der Waals surface area contributed by atoms with E-state index in [4.69, 9.17) is 4.74 Å². The molecule has 14 heavy (non-hydrogen) atoms. The molecule has 0 bridgehead atoms.